The number of rotatable bonds is 4. The summed E-state index contributed by atoms with van der Waals surface area (Å²) < 4.78 is 1.08. The molecule has 0 aliphatic rings. The highest BCUT2D eigenvalue weighted by atomic mass is 127. The molecule has 2 aromatic rings. The molecule has 1 N–H and O–H groups in total. The smallest absolute Gasteiger partial charge is 0.0542 e. The molecule has 4 heteroatoms. The summed E-state index contributed by atoms with van der Waals surface area (Å²) >= 11 is 8.44. The molecule has 0 saturated heterocycles. The molecule has 100 valence electrons. The molecule has 0 bridgehead atoms. The standard InChI is InChI=1S/C15H16ClIN2/c1-10-4-3-7-19-14(10)9-15(18-2)11-5-6-13(17)12(16)8-11/h3-8,15,18H,9H2,1-2H3. The van der Waals surface area contributed by atoms with Gasteiger partial charge in [-0.1, -0.05) is 23.7 Å². The molecular weight excluding hydrogens is 371 g/mol. The van der Waals surface area contributed by atoms with Crippen LogP contribution in [0, 0.1) is 10.5 Å². The Bertz CT molecular complexity index is 572. The van der Waals surface area contributed by atoms with Crippen LogP contribution in [-0.4, -0.2) is 12.0 Å². The van der Waals surface area contributed by atoms with Gasteiger partial charge in [0.15, 0.2) is 0 Å². The molecule has 1 heterocycles. The van der Waals surface area contributed by atoms with Gasteiger partial charge < -0.3 is 5.32 Å². The van der Waals surface area contributed by atoms with Crippen LogP contribution in [-0.2, 0) is 6.42 Å². The fraction of sp³-hybridized carbons (Fsp3) is 0.267. The van der Waals surface area contributed by atoms with Crippen molar-refractivity contribution in [3.8, 4) is 0 Å². The molecule has 0 radical (unpaired) electrons. The molecule has 0 saturated carbocycles. The van der Waals surface area contributed by atoms with Gasteiger partial charge in [-0.05, 0) is 65.9 Å². The highest BCUT2D eigenvalue weighted by Crippen LogP contribution is 2.25. The number of nitrogens with one attached hydrogen (secondary N) is 1. The quantitative estimate of drug-likeness (QED) is 0.799. The number of halogens is 2. The number of nitrogens with zero attached hydrogens (tertiary/aromatic N) is 1. The second kappa shape index (κ2) is 6.68. The molecule has 0 fully saturated rings. The fourth-order valence-electron chi connectivity index (χ4n) is 2.04. The second-order valence-corrected chi connectivity index (χ2v) is 6.06. The summed E-state index contributed by atoms with van der Waals surface area (Å²) in [5, 5.41) is 4.14. The topological polar surface area (TPSA) is 24.9 Å². The minimum absolute atomic E-state index is 0.225. The van der Waals surface area contributed by atoms with E-state index in [1.165, 1.54) is 11.1 Å². The molecular formula is C15H16ClIN2. The van der Waals surface area contributed by atoms with Crippen molar-refractivity contribution in [1.82, 2.24) is 10.3 Å². The average molecular weight is 387 g/mol. The largest absolute Gasteiger partial charge is 0.313 e. The van der Waals surface area contributed by atoms with Crippen LogP contribution in [0.4, 0.5) is 0 Å². The first-order valence-electron chi connectivity index (χ1n) is 6.14. The van der Waals surface area contributed by atoms with Gasteiger partial charge in [0.25, 0.3) is 0 Å². The number of likely N-dealkylation sites (N-methyl/N-ethyl adjacent to an activating group) is 1. The number of hydrogen-bond acceptors (Lipinski definition) is 2. The Balaban J connectivity index is 2.25. The molecule has 0 aliphatic carbocycles. The Morgan fingerprint density at radius 2 is 2.16 bits per heavy atom. The SMILES string of the molecule is CNC(Cc1ncccc1C)c1ccc(I)c(Cl)c1. The molecule has 1 atom stereocenters. The Hall–Kier alpha value is -0.650. The van der Waals surface area contributed by atoms with Gasteiger partial charge in [0.05, 0.1) is 5.02 Å². The summed E-state index contributed by atoms with van der Waals surface area (Å²) in [6.45, 7) is 2.09. The van der Waals surface area contributed by atoms with E-state index in [1.807, 2.05) is 31.4 Å². The van der Waals surface area contributed by atoms with Gasteiger partial charge in [-0.25, -0.2) is 0 Å². The van der Waals surface area contributed by atoms with Crippen molar-refractivity contribution < 1.29 is 0 Å². The summed E-state index contributed by atoms with van der Waals surface area (Å²) in [6, 6.07) is 10.5. The van der Waals surface area contributed by atoms with Crippen LogP contribution in [0.1, 0.15) is 22.9 Å². The first kappa shape index (κ1) is 14.8. The van der Waals surface area contributed by atoms with Crippen molar-refractivity contribution >= 4 is 34.2 Å². The molecule has 1 aromatic heterocycles. The minimum atomic E-state index is 0.225. The van der Waals surface area contributed by atoms with Gasteiger partial charge in [0, 0.05) is 27.9 Å². The third-order valence-corrected chi connectivity index (χ3v) is 4.78. The van der Waals surface area contributed by atoms with Crippen molar-refractivity contribution in [1.29, 1.82) is 0 Å². The van der Waals surface area contributed by atoms with E-state index in [2.05, 4.69) is 51.9 Å². The lowest BCUT2D eigenvalue weighted by Crippen LogP contribution is -2.19. The van der Waals surface area contributed by atoms with Crippen LogP contribution in [0.25, 0.3) is 0 Å². The lowest BCUT2D eigenvalue weighted by Gasteiger charge is -2.18. The highest BCUT2D eigenvalue weighted by molar-refractivity contribution is 14.1. The van der Waals surface area contributed by atoms with Crippen LogP contribution < -0.4 is 5.32 Å². The Labute approximate surface area is 132 Å². The van der Waals surface area contributed by atoms with Crippen molar-refractivity contribution in [2.45, 2.75) is 19.4 Å². The third-order valence-electron chi connectivity index (χ3n) is 3.21. The van der Waals surface area contributed by atoms with Crippen molar-refractivity contribution in [2.24, 2.45) is 0 Å². The number of aromatic nitrogens is 1. The van der Waals surface area contributed by atoms with E-state index in [4.69, 9.17) is 11.6 Å². The predicted octanol–water partition coefficient (Wildman–Crippen LogP) is 4.15. The summed E-state index contributed by atoms with van der Waals surface area (Å²) in [4.78, 5) is 4.46. The van der Waals surface area contributed by atoms with E-state index in [1.54, 1.807) is 0 Å². The van der Waals surface area contributed by atoms with E-state index in [0.717, 1.165) is 20.7 Å². The van der Waals surface area contributed by atoms with E-state index in [-0.39, 0.29) is 6.04 Å². The Kier molecular flexibility index (Phi) is 5.19. The van der Waals surface area contributed by atoms with Crippen LogP contribution in [0.3, 0.4) is 0 Å². The van der Waals surface area contributed by atoms with Crippen LogP contribution in [0.2, 0.25) is 5.02 Å². The van der Waals surface area contributed by atoms with E-state index >= 15 is 0 Å². The van der Waals surface area contributed by atoms with Crippen molar-refractivity contribution in [2.75, 3.05) is 7.05 Å². The molecule has 0 spiro atoms. The Morgan fingerprint density at radius 3 is 2.79 bits per heavy atom. The van der Waals surface area contributed by atoms with Gasteiger partial charge in [-0.15, -0.1) is 0 Å². The maximum atomic E-state index is 6.20. The fourth-order valence-corrected chi connectivity index (χ4v) is 2.57. The molecule has 19 heavy (non-hydrogen) atoms. The monoisotopic (exact) mass is 386 g/mol. The van der Waals surface area contributed by atoms with E-state index < -0.39 is 0 Å². The third kappa shape index (κ3) is 3.68. The van der Waals surface area contributed by atoms with E-state index in [0.29, 0.717) is 0 Å². The molecule has 1 unspecified atom stereocenters. The zero-order valence-corrected chi connectivity index (χ0v) is 13.9. The molecule has 0 aliphatic heterocycles. The summed E-state index contributed by atoms with van der Waals surface area (Å²) in [6.07, 6.45) is 2.70. The summed E-state index contributed by atoms with van der Waals surface area (Å²) in [5.41, 5.74) is 3.54. The van der Waals surface area contributed by atoms with Gasteiger partial charge in [0.1, 0.15) is 0 Å². The number of pyridine rings is 1. The first-order chi connectivity index (χ1) is 9.11. The van der Waals surface area contributed by atoms with Crippen LogP contribution in [0.15, 0.2) is 36.5 Å². The summed E-state index contributed by atoms with van der Waals surface area (Å²) in [7, 11) is 1.97. The van der Waals surface area contributed by atoms with Gasteiger partial charge in [-0.3, -0.25) is 4.98 Å². The number of hydrogen-bond donors (Lipinski definition) is 1. The first-order valence-corrected chi connectivity index (χ1v) is 7.60. The van der Waals surface area contributed by atoms with Crippen LogP contribution >= 0.6 is 34.2 Å². The summed E-state index contributed by atoms with van der Waals surface area (Å²) in [5.74, 6) is 0. The van der Waals surface area contributed by atoms with E-state index in [9.17, 15) is 0 Å². The highest BCUT2D eigenvalue weighted by Gasteiger charge is 2.13. The lowest BCUT2D eigenvalue weighted by molar-refractivity contribution is 0.582. The van der Waals surface area contributed by atoms with Crippen molar-refractivity contribution in [3.63, 3.8) is 0 Å². The lowest BCUT2D eigenvalue weighted by atomic mass is 10.00. The molecule has 2 rings (SSSR count). The maximum absolute atomic E-state index is 6.20. The maximum Gasteiger partial charge on any atom is 0.0542 e. The van der Waals surface area contributed by atoms with Gasteiger partial charge in [-0.2, -0.15) is 0 Å². The average Bonchev–Trinajstić information content (AvgIpc) is 2.41. The number of aryl methyl sites for hydroxylation is 1. The zero-order valence-electron chi connectivity index (χ0n) is 11.0. The van der Waals surface area contributed by atoms with Crippen LogP contribution in [0.5, 0.6) is 0 Å². The predicted molar refractivity (Wildman–Crippen MR) is 88.6 cm³/mol. The number of benzene rings is 1. The zero-order chi connectivity index (χ0) is 13.8. The molecule has 2 nitrogen and oxygen atoms in total. The normalized spacial score (nSPS) is 12.4. The van der Waals surface area contributed by atoms with Gasteiger partial charge >= 0.3 is 0 Å². The molecule has 0 amide bonds. The van der Waals surface area contributed by atoms with Gasteiger partial charge in [0.2, 0.25) is 0 Å². The second-order valence-electron chi connectivity index (χ2n) is 4.49. The van der Waals surface area contributed by atoms with Crippen molar-refractivity contribution in [3.05, 3.63) is 61.9 Å². The molecule has 1 aromatic carbocycles. The minimum Gasteiger partial charge on any atom is -0.313 e. The Morgan fingerprint density at radius 1 is 1.37 bits per heavy atom.